The highest BCUT2D eigenvalue weighted by Gasteiger charge is 2.20. The molecule has 3 aromatic rings. The maximum Gasteiger partial charge on any atom is 0.216 e. The van der Waals surface area contributed by atoms with Crippen LogP contribution in [0.4, 0.5) is 5.69 Å². The van der Waals surface area contributed by atoms with Gasteiger partial charge in [0.05, 0.1) is 12.8 Å². The number of rotatable bonds is 4. The molecule has 29 heavy (non-hydrogen) atoms. The van der Waals surface area contributed by atoms with Crippen LogP contribution >= 0.6 is 35.6 Å². The summed E-state index contributed by atoms with van der Waals surface area (Å²) < 4.78 is 5.32. The molecule has 0 saturated carbocycles. The molecule has 1 aliphatic rings. The number of nitrogens with zero attached hydrogens (tertiary/aromatic N) is 5. The van der Waals surface area contributed by atoms with E-state index in [0.29, 0.717) is 18.1 Å². The summed E-state index contributed by atoms with van der Waals surface area (Å²) in [7, 11) is 1.79. The van der Waals surface area contributed by atoms with Crippen LogP contribution < -0.4 is 10.2 Å². The zero-order chi connectivity index (χ0) is 19.3. The second kappa shape index (κ2) is 9.97. The van der Waals surface area contributed by atoms with Crippen molar-refractivity contribution in [2.75, 3.05) is 38.1 Å². The van der Waals surface area contributed by atoms with Crippen molar-refractivity contribution in [2.45, 2.75) is 6.54 Å². The van der Waals surface area contributed by atoms with Gasteiger partial charge < -0.3 is 19.5 Å². The number of guanidine groups is 1. The van der Waals surface area contributed by atoms with Gasteiger partial charge >= 0.3 is 0 Å². The minimum Gasteiger partial charge on any atom is -0.461 e. The number of hydrogen-bond donors (Lipinski definition) is 2. The first-order chi connectivity index (χ1) is 13.7. The van der Waals surface area contributed by atoms with E-state index in [0.717, 1.165) is 48.7 Å². The fourth-order valence-electron chi connectivity index (χ4n) is 3.23. The lowest BCUT2D eigenvalue weighted by Crippen LogP contribution is -2.52. The molecule has 0 radical (unpaired) electrons. The highest BCUT2D eigenvalue weighted by atomic mass is 127. The lowest BCUT2D eigenvalue weighted by Gasteiger charge is -2.37. The second-order valence-electron chi connectivity index (χ2n) is 6.44. The molecule has 2 aromatic heterocycles. The van der Waals surface area contributed by atoms with Crippen LogP contribution in [0.15, 0.2) is 52.1 Å². The van der Waals surface area contributed by atoms with E-state index in [1.54, 1.807) is 13.3 Å². The maximum absolute atomic E-state index is 6.11. The SMILES string of the molecule is CN=C(NCc1nc(-c2ccco2)n[nH]1)N1CCN(c2cccc(Cl)c2)CC1.I. The third-order valence-electron chi connectivity index (χ3n) is 4.65. The molecule has 154 valence electrons. The van der Waals surface area contributed by atoms with Gasteiger partial charge in [-0.05, 0) is 30.3 Å². The smallest absolute Gasteiger partial charge is 0.216 e. The van der Waals surface area contributed by atoms with Crippen molar-refractivity contribution in [2.24, 2.45) is 4.99 Å². The van der Waals surface area contributed by atoms with Crippen LogP contribution in [0.1, 0.15) is 5.82 Å². The molecule has 4 rings (SSSR count). The first-order valence-electron chi connectivity index (χ1n) is 9.14. The van der Waals surface area contributed by atoms with Gasteiger partial charge in [-0.2, -0.15) is 0 Å². The van der Waals surface area contributed by atoms with Crippen LogP contribution in [0.5, 0.6) is 0 Å². The Kier molecular flexibility index (Phi) is 7.37. The molecule has 0 bridgehead atoms. The van der Waals surface area contributed by atoms with E-state index in [-0.39, 0.29) is 24.0 Å². The number of aliphatic imine (C=N–C) groups is 1. The number of nitrogens with one attached hydrogen (secondary N) is 2. The van der Waals surface area contributed by atoms with Gasteiger partial charge in [0.15, 0.2) is 11.7 Å². The second-order valence-corrected chi connectivity index (χ2v) is 6.87. The maximum atomic E-state index is 6.11. The standard InChI is InChI=1S/C19H22ClN7O.HI/c1-21-19(22-13-17-23-18(25-24-17)16-6-3-11-28-16)27-9-7-26(8-10-27)15-5-2-4-14(20)12-15;/h2-6,11-12H,7-10,13H2,1H3,(H,21,22)(H,23,24,25);1H. The Labute approximate surface area is 191 Å². The molecule has 1 aromatic carbocycles. The molecule has 8 nitrogen and oxygen atoms in total. The lowest BCUT2D eigenvalue weighted by atomic mass is 10.2. The summed E-state index contributed by atoms with van der Waals surface area (Å²) in [5.74, 6) is 2.77. The lowest BCUT2D eigenvalue weighted by molar-refractivity contribution is 0.372. The average molecular weight is 528 g/mol. The van der Waals surface area contributed by atoms with E-state index < -0.39 is 0 Å². The molecule has 1 aliphatic heterocycles. The molecule has 0 spiro atoms. The first-order valence-corrected chi connectivity index (χ1v) is 9.52. The third kappa shape index (κ3) is 5.21. The minimum atomic E-state index is 0. The van der Waals surface area contributed by atoms with Gasteiger partial charge in [0.25, 0.3) is 0 Å². The van der Waals surface area contributed by atoms with Crippen LogP contribution in [0.3, 0.4) is 0 Å². The Morgan fingerprint density at radius 1 is 1.24 bits per heavy atom. The first kappa shape index (κ1) is 21.4. The number of furan rings is 1. The normalized spacial score (nSPS) is 14.6. The topological polar surface area (TPSA) is 85.6 Å². The van der Waals surface area contributed by atoms with Crippen molar-refractivity contribution in [1.29, 1.82) is 0 Å². The van der Waals surface area contributed by atoms with Crippen molar-refractivity contribution < 1.29 is 4.42 Å². The molecule has 1 fully saturated rings. The summed E-state index contributed by atoms with van der Waals surface area (Å²) in [6, 6.07) is 11.6. The number of H-pyrrole nitrogens is 1. The molecule has 0 aliphatic carbocycles. The Hall–Kier alpha value is -2.27. The van der Waals surface area contributed by atoms with E-state index in [4.69, 9.17) is 16.0 Å². The Balaban J connectivity index is 0.00000240. The quantitative estimate of drug-likeness (QED) is 0.308. The Morgan fingerprint density at radius 2 is 2.07 bits per heavy atom. The van der Waals surface area contributed by atoms with E-state index in [1.165, 1.54) is 0 Å². The minimum absolute atomic E-state index is 0. The Bertz CT molecular complexity index is 936. The van der Waals surface area contributed by atoms with Gasteiger partial charge in [-0.15, -0.1) is 29.1 Å². The van der Waals surface area contributed by atoms with Gasteiger partial charge in [-0.25, -0.2) is 4.98 Å². The Morgan fingerprint density at radius 3 is 2.76 bits per heavy atom. The van der Waals surface area contributed by atoms with E-state index in [1.807, 2.05) is 30.3 Å². The number of halogens is 2. The van der Waals surface area contributed by atoms with Gasteiger partial charge in [0, 0.05) is 43.9 Å². The fraction of sp³-hybridized carbons (Fsp3) is 0.316. The predicted octanol–water partition coefficient (Wildman–Crippen LogP) is 3.23. The van der Waals surface area contributed by atoms with Crippen molar-refractivity contribution in [3.05, 3.63) is 53.5 Å². The summed E-state index contributed by atoms with van der Waals surface area (Å²) in [6.07, 6.45) is 1.61. The summed E-state index contributed by atoms with van der Waals surface area (Å²) in [6.45, 7) is 4.08. The van der Waals surface area contributed by atoms with E-state index in [9.17, 15) is 0 Å². The number of benzene rings is 1. The van der Waals surface area contributed by atoms with E-state index >= 15 is 0 Å². The van der Waals surface area contributed by atoms with Crippen LogP contribution in [0, 0.1) is 0 Å². The number of anilines is 1. The average Bonchev–Trinajstić information content (AvgIpc) is 3.41. The van der Waals surface area contributed by atoms with Crippen molar-refractivity contribution in [3.8, 4) is 11.6 Å². The van der Waals surface area contributed by atoms with Crippen molar-refractivity contribution in [3.63, 3.8) is 0 Å². The van der Waals surface area contributed by atoms with Gasteiger partial charge in [-0.1, -0.05) is 17.7 Å². The molecule has 0 atom stereocenters. The molecule has 2 N–H and O–H groups in total. The molecule has 10 heteroatoms. The number of aromatic amines is 1. The zero-order valence-corrected chi connectivity index (χ0v) is 19.1. The van der Waals surface area contributed by atoms with Crippen LogP contribution in [-0.4, -0.2) is 59.3 Å². The van der Waals surface area contributed by atoms with Gasteiger partial charge in [0.2, 0.25) is 5.82 Å². The molecule has 1 saturated heterocycles. The van der Waals surface area contributed by atoms with Crippen LogP contribution in [0.2, 0.25) is 5.02 Å². The van der Waals surface area contributed by atoms with Crippen molar-refractivity contribution in [1.82, 2.24) is 25.4 Å². The molecule has 0 unspecified atom stereocenters. The zero-order valence-electron chi connectivity index (χ0n) is 16.0. The highest BCUT2D eigenvalue weighted by molar-refractivity contribution is 14.0. The molecule has 3 heterocycles. The third-order valence-corrected chi connectivity index (χ3v) is 4.89. The fourth-order valence-corrected chi connectivity index (χ4v) is 3.42. The monoisotopic (exact) mass is 527 g/mol. The number of piperazine rings is 1. The highest BCUT2D eigenvalue weighted by Crippen LogP contribution is 2.21. The van der Waals surface area contributed by atoms with Crippen LogP contribution in [-0.2, 0) is 6.54 Å². The largest absolute Gasteiger partial charge is 0.461 e. The number of aromatic nitrogens is 3. The summed E-state index contributed by atoms with van der Waals surface area (Å²) in [4.78, 5) is 13.4. The van der Waals surface area contributed by atoms with E-state index in [2.05, 4.69) is 41.4 Å². The summed E-state index contributed by atoms with van der Waals surface area (Å²) in [5, 5.41) is 11.2. The molecular weight excluding hydrogens is 505 g/mol. The molecular formula is C19H23ClIN7O. The van der Waals surface area contributed by atoms with Crippen molar-refractivity contribution >= 4 is 47.2 Å². The van der Waals surface area contributed by atoms with Gasteiger partial charge in [0.1, 0.15) is 5.82 Å². The van der Waals surface area contributed by atoms with Crippen LogP contribution in [0.25, 0.3) is 11.6 Å². The predicted molar refractivity (Wildman–Crippen MR) is 125 cm³/mol. The summed E-state index contributed by atoms with van der Waals surface area (Å²) in [5.41, 5.74) is 1.15. The summed E-state index contributed by atoms with van der Waals surface area (Å²) >= 11 is 6.11. The number of hydrogen-bond acceptors (Lipinski definition) is 5. The molecule has 0 amide bonds. The van der Waals surface area contributed by atoms with Gasteiger partial charge in [-0.3, -0.25) is 10.1 Å².